The number of allylic oxidation sites excluding steroid dienone is 1. The van der Waals surface area contributed by atoms with Crippen LogP contribution in [0.4, 0.5) is 5.69 Å². The zero-order valence-corrected chi connectivity index (χ0v) is 16.3. The Morgan fingerprint density at radius 1 is 1.14 bits per heavy atom. The maximum Gasteiger partial charge on any atom is 0.341 e. The van der Waals surface area contributed by atoms with E-state index < -0.39 is 28.9 Å². The van der Waals surface area contributed by atoms with E-state index in [9.17, 15) is 14.4 Å². The summed E-state index contributed by atoms with van der Waals surface area (Å²) in [6.45, 7) is 6.54. The Balaban J connectivity index is 2.36. The third-order valence-corrected chi connectivity index (χ3v) is 4.52. The van der Waals surface area contributed by atoms with Crippen LogP contribution >= 0.6 is 0 Å². The largest absolute Gasteiger partial charge is 0.466 e. The van der Waals surface area contributed by atoms with Gasteiger partial charge in [-0.15, -0.1) is 0 Å². The van der Waals surface area contributed by atoms with E-state index in [-0.39, 0.29) is 22.8 Å². The van der Waals surface area contributed by atoms with Gasteiger partial charge in [0.1, 0.15) is 27.9 Å². The molecule has 0 aromatic heterocycles. The molecular formula is C20H22N2O6. The Labute approximate surface area is 162 Å². The zero-order valence-electron chi connectivity index (χ0n) is 16.3. The highest BCUT2D eigenvalue weighted by atomic mass is 16.6. The van der Waals surface area contributed by atoms with Crippen molar-refractivity contribution < 1.29 is 28.6 Å². The fourth-order valence-electron chi connectivity index (χ4n) is 3.58. The first-order chi connectivity index (χ1) is 13.0. The lowest BCUT2D eigenvalue weighted by Crippen LogP contribution is -2.49. The highest BCUT2D eigenvalue weighted by Gasteiger charge is 2.61. The number of rotatable bonds is 2. The number of nitrogens with two attached hydrogens (primary N) is 1. The summed E-state index contributed by atoms with van der Waals surface area (Å²) in [7, 11) is 1.18. The second-order valence-electron chi connectivity index (χ2n) is 7.52. The van der Waals surface area contributed by atoms with Crippen molar-refractivity contribution in [3.63, 3.8) is 0 Å². The number of esters is 2. The maximum absolute atomic E-state index is 13.3. The molecular weight excluding hydrogens is 364 g/mol. The van der Waals surface area contributed by atoms with Crippen LogP contribution in [0, 0.1) is 0 Å². The summed E-state index contributed by atoms with van der Waals surface area (Å²) in [4.78, 5) is 39.1. The molecule has 0 unspecified atom stereocenters. The maximum atomic E-state index is 13.3. The van der Waals surface area contributed by atoms with Gasteiger partial charge < -0.3 is 25.3 Å². The van der Waals surface area contributed by atoms with Gasteiger partial charge in [-0.2, -0.15) is 0 Å². The average molecular weight is 386 g/mol. The van der Waals surface area contributed by atoms with Crippen molar-refractivity contribution in [3.05, 3.63) is 52.6 Å². The van der Waals surface area contributed by atoms with Crippen LogP contribution in [0.15, 0.2) is 47.1 Å². The molecule has 2 heterocycles. The number of amides is 1. The van der Waals surface area contributed by atoms with Crippen molar-refractivity contribution in [2.45, 2.75) is 38.7 Å². The van der Waals surface area contributed by atoms with Crippen molar-refractivity contribution in [1.29, 1.82) is 0 Å². The summed E-state index contributed by atoms with van der Waals surface area (Å²) in [6.07, 6.45) is 0. The number of ether oxygens (including phenoxy) is 3. The van der Waals surface area contributed by atoms with Crippen LogP contribution in [0.25, 0.3) is 0 Å². The van der Waals surface area contributed by atoms with Crippen LogP contribution in [-0.2, 0) is 34.0 Å². The molecule has 1 spiro atoms. The molecule has 2 aliphatic heterocycles. The Morgan fingerprint density at radius 3 is 2.39 bits per heavy atom. The molecule has 0 bridgehead atoms. The quantitative estimate of drug-likeness (QED) is 0.745. The van der Waals surface area contributed by atoms with Crippen molar-refractivity contribution in [1.82, 2.24) is 0 Å². The minimum absolute atomic E-state index is 0.0727. The van der Waals surface area contributed by atoms with Gasteiger partial charge >= 0.3 is 11.9 Å². The topological polar surface area (TPSA) is 117 Å². The number of para-hydroxylation sites is 1. The predicted molar refractivity (Wildman–Crippen MR) is 99.6 cm³/mol. The SMILES string of the molecule is COC(=O)C1=C(C)OC(N)=C(C(=O)OC(C)(C)C)[C@]12C(=O)Nc1ccccc12. The van der Waals surface area contributed by atoms with Gasteiger partial charge in [0.15, 0.2) is 0 Å². The number of nitrogens with one attached hydrogen (secondary N) is 1. The normalized spacial score (nSPS) is 21.2. The van der Waals surface area contributed by atoms with E-state index in [1.54, 1.807) is 45.0 Å². The first-order valence-corrected chi connectivity index (χ1v) is 8.66. The zero-order chi connectivity index (χ0) is 20.9. The van der Waals surface area contributed by atoms with Crippen LogP contribution < -0.4 is 11.1 Å². The molecule has 0 aliphatic carbocycles. The molecule has 0 radical (unpaired) electrons. The molecule has 8 nitrogen and oxygen atoms in total. The number of benzene rings is 1. The number of methoxy groups -OCH3 is 1. The summed E-state index contributed by atoms with van der Waals surface area (Å²) < 4.78 is 15.9. The van der Waals surface area contributed by atoms with Crippen molar-refractivity contribution in [2.24, 2.45) is 5.73 Å². The van der Waals surface area contributed by atoms with Gasteiger partial charge in [0.25, 0.3) is 0 Å². The minimum atomic E-state index is -1.83. The van der Waals surface area contributed by atoms with E-state index >= 15 is 0 Å². The van der Waals surface area contributed by atoms with Gasteiger partial charge in [0.2, 0.25) is 11.8 Å². The summed E-state index contributed by atoms with van der Waals surface area (Å²) >= 11 is 0. The number of carbonyl (C=O) groups excluding carboxylic acids is 3. The van der Waals surface area contributed by atoms with E-state index in [2.05, 4.69) is 5.32 Å². The summed E-state index contributed by atoms with van der Waals surface area (Å²) in [5, 5.41) is 2.72. The number of fused-ring (bicyclic) bond motifs is 2. The van der Waals surface area contributed by atoms with Gasteiger partial charge in [-0.1, -0.05) is 18.2 Å². The molecule has 0 saturated heterocycles. The Kier molecular flexibility index (Phi) is 4.45. The summed E-state index contributed by atoms with van der Waals surface area (Å²) in [6, 6.07) is 6.74. The number of hydrogen-bond acceptors (Lipinski definition) is 7. The lowest BCUT2D eigenvalue weighted by molar-refractivity contribution is -0.152. The third-order valence-electron chi connectivity index (χ3n) is 4.52. The molecule has 1 amide bonds. The van der Waals surface area contributed by atoms with Crippen LogP contribution in [0.5, 0.6) is 0 Å². The number of carbonyl (C=O) groups is 3. The predicted octanol–water partition coefficient (Wildman–Crippen LogP) is 1.87. The molecule has 2 aliphatic rings. The monoisotopic (exact) mass is 386 g/mol. The highest BCUT2D eigenvalue weighted by molar-refractivity contribution is 6.21. The van der Waals surface area contributed by atoms with Gasteiger partial charge in [-0.3, -0.25) is 4.79 Å². The Hall–Kier alpha value is -3.29. The van der Waals surface area contributed by atoms with Crippen molar-refractivity contribution >= 4 is 23.5 Å². The number of hydrogen-bond donors (Lipinski definition) is 2. The fourth-order valence-corrected chi connectivity index (χ4v) is 3.58. The van der Waals surface area contributed by atoms with E-state index in [1.807, 2.05) is 0 Å². The van der Waals surface area contributed by atoms with Crippen molar-refractivity contribution in [3.8, 4) is 0 Å². The van der Waals surface area contributed by atoms with E-state index in [0.29, 0.717) is 11.3 Å². The molecule has 1 atom stereocenters. The van der Waals surface area contributed by atoms with Gasteiger partial charge in [0.05, 0.1) is 7.11 Å². The molecule has 3 rings (SSSR count). The van der Waals surface area contributed by atoms with E-state index in [0.717, 1.165) is 0 Å². The Bertz CT molecular complexity index is 954. The molecule has 1 aromatic carbocycles. The highest BCUT2D eigenvalue weighted by Crippen LogP contribution is 2.52. The number of anilines is 1. The van der Waals surface area contributed by atoms with E-state index in [4.69, 9.17) is 19.9 Å². The minimum Gasteiger partial charge on any atom is -0.466 e. The van der Waals surface area contributed by atoms with Crippen LogP contribution in [0.2, 0.25) is 0 Å². The van der Waals surface area contributed by atoms with Crippen LogP contribution in [0.3, 0.4) is 0 Å². The Morgan fingerprint density at radius 2 is 1.79 bits per heavy atom. The molecule has 148 valence electrons. The molecule has 8 heteroatoms. The van der Waals surface area contributed by atoms with Crippen LogP contribution in [-0.4, -0.2) is 30.6 Å². The molecule has 28 heavy (non-hydrogen) atoms. The summed E-state index contributed by atoms with van der Waals surface area (Å²) in [5.74, 6) is -2.50. The summed E-state index contributed by atoms with van der Waals surface area (Å²) in [5.41, 5.74) is 3.84. The lowest BCUT2D eigenvalue weighted by atomic mass is 9.67. The fraction of sp³-hybridized carbons (Fsp3) is 0.350. The first-order valence-electron chi connectivity index (χ1n) is 8.66. The third kappa shape index (κ3) is 2.72. The molecule has 3 N–H and O–H groups in total. The molecule has 1 aromatic rings. The lowest BCUT2D eigenvalue weighted by Gasteiger charge is -2.36. The molecule has 0 fully saturated rings. The average Bonchev–Trinajstić information content (AvgIpc) is 2.85. The smallest absolute Gasteiger partial charge is 0.341 e. The first kappa shape index (κ1) is 19.5. The van der Waals surface area contributed by atoms with Gasteiger partial charge in [0, 0.05) is 11.3 Å². The van der Waals surface area contributed by atoms with Gasteiger partial charge in [-0.25, -0.2) is 9.59 Å². The van der Waals surface area contributed by atoms with Crippen LogP contribution in [0.1, 0.15) is 33.3 Å². The second kappa shape index (κ2) is 6.40. The standard InChI is InChI=1S/C20H22N2O6/c1-10-13(16(23)26-5)20(11-8-6-7-9-12(11)22-18(20)25)14(15(21)27-10)17(24)28-19(2,3)4/h6-9H,21H2,1-5H3,(H,22,25)/t20-/m1/s1. The second-order valence-corrected chi connectivity index (χ2v) is 7.52. The van der Waals surface area contributed by atoms with Gasteiger partial charge in [-0.05, 0) is 33.8 Å². The van der Waals surface area contributed by atoms with E-state index in [1.165, 1.54) is 14.0 Å². The molecule has 0 saturated carbocycles. The van der Waals surface area contributed by atoms with Crippen molar-refractivity contribution in [2.75, 3.05) is 12.4 Å².